The molecule has 0 aromatic carbocycles. The zero-order chi connectivity index (χ0) is 8.85. The number of halogens is 3. The van der Waals surface area contributed by atoms with Gasteiger partial charge in [-0.15, -0.1) is 0 Å². The summed E-state index contributed by atoms with van der Waals surface area (Å²) in [4.78, 5) is 0.224. The third kappa shape index (κ3) is 5.26. The van der Waals surface area contributed by atoms with Gasteiger partial charge in [-0.1, -0.05) is 35.7 Å². The second-order valence-electron chi connectivity index (χ2n) is 2.25. The number of hydrogen-bond donors (Lipinski definition) is 1. The molecule has 1 unspecified atom stereocenters. The van der Waals surface area contributed by atoms with E-state index in [9.17, 15) is 0 Å². The van der Waals surface area contributed by atoms with Crippen molar-refractivity contribution >= 4 is 47.8 Å². The van der Waals surface area contributed by atoms with Crippen molar-refractivity contribution in [3.63, 3.8) is 0 Å². The van der Waals surface area contributed by atoms with Crippen LogP contribution in [-0.4, -0.2) is 9.93 Å². The maximum Gasteiger partial charge on any atom is 0.170 e. The second-order valence-corrected chi connectivity index (χ2v) is 4.96. The Morgan fingerprint density at radius 2 is 2.00 bits per heavy atom. The molecule has 0 saturated carbocycles. The number of alkyl halides is 1. The van der Waals surface area contributed by atoms with E-state index in [1.165, 1.54) is 6.42 Å². The van der Waals surface area contributed by atoms with Gasteiger partial charge in [-0.05, 0) is 38.3 Å². The molecule has 0 bridgehead atoms. The Bertz CT molecular complexity index is 141. The van der Waals surface area contributed by atoms with Gasteiger partial charge in [0.15, 0.2) is 4.67 Å². The first-order valence-corrected chi connectivity index (χ1v) is 5.98. The monoisotopic (exact) mass is 348 g/mol. The van der Waals surface area contributed by atoms with Crippen LogP contribution in [0.25, 0.3) is 0 Å². The van der Waals surface area contributed by atoms with Crippen molar-refractivity contribution in [2.75, 3.05) is 0 Å². The Hall–Kier alpha value is 0.980. The Balaban J connectivity index is 3.83. The lowest BCUT2D eigenvalue weighted by Gasteiger charge is -2.07. The van der Waals surface area contributed by atoms with E-state index in [4.69, 9.17) is 5.11 Å². The Kier molecular flexibility index (Phi) is 7.07. The summed E-state index contributed by atoms with van der Waals surface area (Å²) in [7, 11) is 0. The fraction of sp³-hybridized carbons (Fsp3) is 0.714. The first-order chi connectivity index (χ1) is 5.09. The summed E-state index contributed by atoms with van der Waals surface area (Å²) in [6.07, 6.45) is 3.36. The first kappa shape index (κ1) is 12.0. The van der Waals surface area contributed by atoms with Crippen LogP contribution in [0.5, 0.6) is 0 Å². The van der Waals surface area contributed by atoms with Crippen molar-refractivity contribution in [2.24, 2.45) is 0 Å². The highest BCUT2D eigenvalue weighted by atomic mass is 79.9. The molecular weight excluding hydrogens is 340 g/mol. The van der Waals surface area contributed by atoms with Gasteiger partial charge in [-0.2, -0.15) is 0 Å². The fourth-order valence-electron chi connectivity index (χ4n) is 0.639. The molecule has 0 aliphatic heterocycles. The van der Waals surface area contributed by atoms with E-state index in [-0.39, 0.29) is 9.50 Å². The van der Waals surface area contributed by atoms with Crippen LogP contribution in [0.3, 0.4) is 0 Å². The van der Waals surface area contributed by atoms with Crippen LogP contribution in [0.4, 0.5) is 0 Å². The van der Waals surface area contributed by atoms with Crippen molar-refractivity contribution in [1.29, 1.82) is 0 Å². The van der Waals surface area contributed by atoms with Gasteiger partial charge in [0.1, 0.15) is 0 Å². The molecule has 11 heavy (non-hydrogen) atoms. The van der Waals surface area contributed by atoms with Crippen molar-refractivity contribution < 1.29 is 5.11 Å². The van der Waals surface area contributed by atoms with E-state index >= 15 is 0 Å². The summed E-state index contributed by atoms with van der Waals surface area (Å²) in [5.74, 6) is 0. The van der Waals surface area contributed by atoms with Crippen LogP contribution in [0.2, 0.25) is 0 Å². The van der Waals surface area contributed by atoms with Crippen LogP contribution < -0.4 is 0 Å². The van der Waals surface area contributed by atoms with Crippen molar-refractivity contribution in [1.82, 2.24) is 0 Å². The summed E-state index contributed by atoms with van der Waals surface area (Å²) in [6.45, 7) is 2.14. The zero-order valence-corrected chi connectivity index (χ0v) is 11.0. The maximum absolute atomic E-state index is 9.01. The van der Waals surface area contributed by atoms with Crippen LogP contribution >= 0.6 is 47.8 Å². The number of rotatable bonds is 4. The number of hydrogen-bond acceptors (Lipinski definition) is 1. The summed E-state index contributed by atoms with van der Waals surface area (Å²) < 4.78 is 0.960. The summed E-state index contributed by atoms with van der Waals surface area (Å²) >= 11 is 9.71. The highest BCUT2D eigenvalue weighted by molar-refractivity contribution is 9.15. The third-order valence-electron chi connectivity index (χ3n) is 1.28. The summed E-state index contributed by atoms with van der Waals surface area (Å²) in [5.41, 5.74) is 0. The van der Waals surface area contributed by atoms with E-state index in [2.05, 4.69) is 54.7 Å². The van der Waals surface area contributed by atoms with Gasteiger partial charge >= 0.3 is 0 Å². The predicted molar refractivity (Wildman–Crippen MR) is 59.7 cm³/mol. The summed E-state index contributed by atoms with van der Waals surface area (Å²) in [6, 6.07) is 0. The molecule has 0 fully saturated rings. The SMILES string of the molecule is CCCCC(Br)/C(Br)=C(/O)Br. The Morgan fingerprint density at radius 1 is 1.45 bits per heavy atom. The lowest BCUT2D eigenvalue weighted by molar-refractivity contribution is 0.456. The average Bonchev–Trinajstić information content (AvgIpc) is 1.98. The molecule has 1 N–H and O–H groups in total. The minimum atomic E-state index is 0.176. The topological polar surface area (TPSA) is 20.2 Å². The second kappa shape index (κ2) is 6.49. The van der Waals surface area contributed by atoms with Gasteiger partial charge in [0.05, 0.1) is 9.31 Å². The molecule has 0 aromatic heterocycles. The minimum absolute atomic E-state index is 0.176. The number of unbranched alkanes of at least 4 members (excludes halogenated alkanes) is 1. The predicted octanol–water partition coefficient (Wildman–Crippen LogP) is 4.46. The number of allylic oxidation sites excluding steroid dienone is 1. The van der Waals surface area contributed by atoms with E-state index < -0.39 is 0 Å². The molecule has 1 atom stereocenters. The molecule has 0 spiro atoms. The Morgan fingerprint density at radius 3 is 2.36 bits per heavy atom. The average molecular weight is 351 g/mol. The molecule has 0 aromatic rings. The third-order valence-corrected chi connectivity index (χ3v) is 4.70. The maximum atomic E-state index is 9.01. The quantitative estimate of drug-likeness (QED) is 0.586. The van der Waals surface area contributed by atoms with Gasteiger partial charge in [0.2, 0.25) is 0 Å². The molecule has 0 heterocycles. The van der Waals surface area contributed by atoms with E-state index in [0.29, 0.717) is 0 Å². The van der Waals surface area contributed by atoms with Gasteiger partial charge in [0.25, 0.3) is 0 Å². The van der Waals surface area contributed by atoms with Gasteiger partial charge in [-0.3, -0.25) is 0 Å². The molecule has 0 aliphatic carbocycles. The van der Waals surface area contributed by atoms with E-state index in [1.807, 2.05) is 0 Å². The van der Waals surface area contributed by atoms with Crippen LogP contribution in [-0.2, 0) is 0 Å². The highest BCUT2D eigenvalue weighted by Crippen LogP contribution is 2.27. The minimum Gasteiger partial charge on any atom is -0.501 e. The van der Waals surface area contributed by atoms with E-state index in [0.717, 1.165) is 17.3 Å². The lowest BCUT2D eigenvalue weighted by atomic mass is 10.2. The van der Waals surface area contributed by atoms with Crippen LogP contribution in [0.15, 0.2) is 9.15 Å². The fourth-order valence-corrected chi connectivity index (χ4v) is 1.99. The van der Waals surface area contributed by atoms with Crippen LogP contribution in [0, 0.1) is 0 Å². The van der Waals surface area contributed by atoms with Crippen LogP contribution in [0.1, 0.15) is 26.2 Å². The van der Waals surface area contributed by atoms with Crippen molar-refractivity contribution in [3.8, 4) is 0 Å². The van der Waals surface area contributed by atoms with Gasteiger partial charge in [-0.25, -0.2) is 0 Å². The highest BCUT2D eigenvalue weighted by Gasteiger charge is 2.10. The summed E-state index contributed by atoms with van der Waals surface area (Å²) in [5, 5.41) is 9.01. The Labute approximate surface area is 92.6 Å². The molecule has 0 amide bonds. The molecule has 0 aliphatic rings. The molecular formula is C7H11Br3O. The lowest BCUT2D eigenvalue weighted by Crippen LogP contribution is -1.98. The van der Waals surface area contributed by atoms with Gasteiger partial charge in [0, 0.05) is 0 Å². The first-order valence-electron chi connectivity index (χ1n) is 3.47. The normalized spacial score (nSPS) is 16.0. The zero-order valence-electron chi connectivity index (χ0n) is 6.28. The van der Waals surface area contributed by atoms with Crippen molar-refractivity contribution in [2.45, 2.75) is 31.0 Å². The molecule has 1 nitrogen and oxygen atoms in total. The largest absolute Gasteiger partial charge is 0.501 e. The standard InChI is InChI=1S/C7H11Br3O/c1-2-3-4-5(8)6(9)7(10)11/h5,11H,2-4H2,1H3/b7-6-. The molecule has 0 saturated heterocycles. The smallest absolute Gasteiger partial charge is 0.170 e. The van der Waals surface area contributed by atoms with E-state index in [1.54, 1.807) is 0 Å². The van der Waals surface area contributed by atoms with Crippen molar-refractivity contribution in [3.05, 3.63) is 9.15 Å². The molecule has 0 rings (SSSR count). The number of aliphatic hydroxyl groups excluding tert-OH is 1. The molecule has 4 heteroatoms. The van der Waals surface area contributed by atoms with Gasteiger partial charge < -0.3 is 5.11 Å². The number of aliphatic hydroxyl groups is 1. The molecule has 66 valence electrons. The molecule has 0 radical (unpaired) electrons.